The Morgan fingerprint density at radius 2 is 2.05 bits per heavy atom. The van der Waals surface area contributed by atoms with E-state index < -0.39 is 12.0 Å². The molecule has 0 saturated heterocycles. The number of anilines is 1. The van der Waals surface area contributed by atoms with E-state index in [1.54, 1.807) is 12.3 Å². The van der Waals surface area contributed by atoms with Crippen molar-refractivity contribution in [2.24, 2.45) is 0 Å². The van der Waals surface area contributed by atoms with Crippen LogP contribution in [0.25, 0.3) is 11.4 Å². The second kappa shape index (κ2) is 6.65. The molecule has 1 aromatic heterocycles. The van der Waals surface area contributed by atoms with E-state index in [4.69, 9.17) is 5.11 Å². The number of benzene rings is 1. The number of rotatable bonds is 6. The molecular formula is C15H17N3O2. The predicted octanol–water partition coefficient (Wildman–Crippen LogP) is 2.81. The minimum absolute atomic E-state index is 0.528. The molecule has 0 aliphatic rings. The number of carbonyl (C=O) groups is 1. The molecule has 0 bridgehead atoms. The zero-order valence-electron chi connectivity index (χ0n) is 11.3. The van der Waals surface area contributed by atoms with Gasteiger partial charge in [-0.3, -0.25) is 0 Å². The highest BCUT2D eigenvalue weighted by Crippen LogP contribution is 2.16. The van der Waals surface area contributed by atoms with E-state index in [-0.39, 0.29) is 0 Å². The van der Waals surface area contributed by atoms with Gasteiger partial charge >= 0.3 is 5.97 Å². The van der Waals surface area contributed by atoms with E-state index in [1.807, 2.05) is 37.3 Å². The van der Waals surface area contributed by atoms with Crippen LogP contribution in [0.15, 0.2) is 42.6 Å². The van der Waals surface area contributed by atoms with Crippen molar-refractivity contribution in [3.63, 3.8) is 0 Å². The van der Waals surface area contributed by atoms with Gasteiger partial charge in [-0.25, -0.2) is 14.8 Å². The maximum atomic E-state index is 11.1. The van der Waals surface area contributed by atoms with Crippen molar-refractivity contribution in [3.8, 4) is 11.4 Å². The number of nitrogens with one attached hydrogen (secondary N) is 1. The Morgan fingerprint density at radius 1 is 1.30 bits per heavy atom. The zero-order valence-corrected chi connectivity index (χ0v) is 11.3. The quantitative estimate of drug-likeness (QED) is 0.845. The number of aromatic nitrogens is 2. The second-order valence-electron chi connectivity index (χ2n) is 4.46. The summed E-state index contributed by atoms with van der Waals surface area (Å²) in [5, 5.41) is 12.1. The fourth-order valence-electron chi connectivity index (χ4n) is 1.89. The fourth-order valence-corrected chi connectivity index (χ4v) is 1.89. The first-order valence-corrected chi connectivity index (χ1v) is 6.58. The van der Waals surface area contributed by atoms with Crippen LogP contribution in [0, 0.1) is 0 Å². The number of carboxylic acids is 1. The maximum Gasteiger partial charge on any atom is 0.326 e. The largest absolute Gasteiger partial charge is 0.480 e. The summed E-state index contributed by atoms with van der Waals surface area (Å²) in [5.74, 6) is 0.239. The summed E-state index contributed by atoms with van der Waals surface area (Å²) in [6, 6.07) is 10.6. The molecule has 0 spiro atoms. The van der Waals surface area contributed by atoms with Gasteiger partial charge in [0.25, 0.3) is 0 Å². The van der Waals surface area contributed by atoms with E-state index in [0.717, 1.165) is 12.0 Å². The summed E-state index contributed by atoms with van der Waals surface area (Å²) < 4.78 is 0. The summed E-state index contributed by atoms with van der Waals surface area (Å²) in [5.41, 5.74) is 0.901. The summed E-state index contributed by atoms with van der Waals surface area (Å²) in [6.07, 6.45) is 2.98. The van der Waals surface area contributed by atoms with Gasteiger partial charge in [-0.15, -0.1) is 0 Å². The van der Waals surface area contributed by atoms with Gasteiger partial charge in [0, 0.05) is 11.8 Å². The molecule has 0 aliphatic carbocycles. The fraction of sp³-hybridized carbons (Fsp3) is 0.267. The van der Waals surface area contributed by atoms with Crippen LogP contribution in [-0.4, -0.2) is 27.1 Å². The van der Waals surface area contributed by atoms with Gasteiger partial charge in [-0.1, -0.05) is 43.7 Å². The highest BCUT2D eigenvalue weighted by Gasteiger charge is 2.16. The second-order valence-corrected chi connectivity index (χ2v) is 4.46. The lowest BCUT2D eigenvalue weighted by Crippen LogP contribution is -2.29. The first-order valence-electron chi connectivity index (χ1n) is 6.58. The summed E-state index contributed by atoms with van der Waals surface area (Å²) >= 11 is 0. The van der Waals surface area contributed by atoms with Crippen molar-refractivity contribution in [3.05, 3.63) is 42.6 Å². The Morgan fingerprint density at radius 3 is 2.70 bits per heavy atom. The third kappa shape index (κ3) is 3.54. The van der Waals surface area contributed by atoms with Crippen LogP contribution in [0.5, 0.6) is 0 Å². The van der Waals surface area contributed by atoms with Crippen LogP contribution in [0.3, 0.4) is 0 Å². The number of carboxylic acid groups (broad SMARTS) is 1. The lowest BCUT2D eigenvalue weighted by atomic mass is 10.1. The minimum Gasteiger partial charge on any atom is -0.480 e. The smallest absolute Gasteiger partial charge is 0.326 e. The third-order valence-electron chi connectivity index (χ3n) is 2.89. The Bertz CT molecular complexity index is 572. The van der Waals surface area contributed by atoms with E-state index in [0.29, 0.717) is 18.1 Å². The molecule has 1 atom stereocenters. The van der Waals surface area contributed by atoms with E-state index in [2.05, 4.69) is 15.3 Å². The van der Waals surface area contributed by atoms with Gasteiger partial charge in [0.2, 0.25) is 0 Å². The van der Waals surface area contributed by atoms with Gasteiger partial charge < -0.3 is 10.4 Å². The predicted molar refractivity (Wildman–Crippen MR) is 77.4 cm³/mol. The summed E-state index contributed by atoms with van der Waals surface area (Å²) in [7, 11) is 0. The third-order valence-corrected chi connectivity index (χ3v) is 2.89. The molecule has 5 heteroatoms. The first kappa shape index (κ1) is 14.0. The minimum atomic E-state index is -0.869. The highest BCUT2D eigenvalue weighted by molar-refractivity contribution is 5.76. The molecule has 5 nitrogen and oxygen atoms in total. The van der Waals surface area contributed by atoms with Gasteiger partial charge in [0.1, 0.15) is 11.9 Å². The molecule has 1 unspecified atom stereocenters. The molecule has 20 heavy (non-hydrogen) atoms. The maximum absolute atomic E-state index is 11.1. The molecule has 2 N–H and O–H groups in total. The van der Waals surface area contributed by atoms with Crippen molar-refractivity contribution in [2.75, 3.05) is 5.32 Å². The Kier molecular flexibility index (Phi) is 4.65. The molecule has 0 amide bonds. The molecule has 2 aromatic rings. The van der Waals surface area contributed by atoms with Crippen LogP contribution in [0.4, 0.5) is 5.82 Å². The van der Waals surface area contributed by atoms with Crippen molar-refractivity contribution in [2.45, 2.75) is 25.8 Å². The molecule has 1 aromatic carbocycles. The van der Waals surface area contributed by atoms with Crippen LogP contribution < -0.4 is 5.32 Å². The number of hydrogen-bond acceptors (Lipinski definition) is 4. The Labute approximate surface area is 117 Å². The van der Waals surface area contributed by atoms with Crippen molar-refractivity contribution in [1.29, 1.82) is 0 Å². The standard InChI is InChI=1S/C15H17N3O2/c1-2-6-12(15(19)20)17-13-9-10-16-14(18-13)11-7-4-3-5-8-11/h3-5,7-10,12H,2,6H2,1H3,(H,19,20)(H,16,17,18). The molecule has 0 saturated carbocycles. The van der Waals surface area contributed by atoms with Crippen molar-refractivity contribution < 1.29 is 9.90 Å². The van der Waals surface area contributed by atoms with Crippen LogP contribution in [0.2, 0.25) is 0 Å². The SMILES string of the molecule is CCCC(Nc1ccnc(-c2ccccc2)n1)C(=O)O. The van der Waals surface area contributed by atoms with Crippen LogP contribution in [0.1, 0.15) is 19.8 Å². The summed E-state index contributed by atoms with van der Waals surface area (Å²) in [4.78, 5) is 19.7. The van der Waals surface area contributed by atoms with Gasteiger partial charge in [-0.05, 0) is 12.5 Å². The molecule has 104 valence electrons. The molecule has 2 rings (SSSR count). The molecule has 1 heterocycles. The molecular weight excluding hydrogens is 254 g/mol. The van der Waals surface area contributed by atoms with Crippen LogP contribution in [-0.2, 0) is 4.79 Å². The number of hydrogen-bond donors (Lipinski definition) is 2. The monoisotopic (exact) mass is 271 g/mol. The van der Waals surface area contributed by atoms with Crippen molar-refractivity contribution in [1.82, 2.24) is 9.97 Å². The normalized spacial score (nSPS) is 11.8. The van der Waals surface area contributed by atoms with Crippen LogP contribution >= 0.6 is 0 Å². The molecule has 0 aliphatic heterocycles. The topological polar surface area (TPSA) is 75.1 Å². The van der Waals surface area contributed by atoms with E-state index >= 15 is 0 Å². The lowest BCUT2D eigenvalue weighted by molar-refractivity contribution is -0.138. The van der Waals surface area contributed by atoms with Gasteiger partial charge in [-0.2, -0.15) is 0 Å². The number of nitrogens with zero attached hydrogens (tertiary/aromatic N) is 2. The first-order chi connectivity index (χ1) is 9.70. The number of aliphatic carboxylic acids is 1. The summed E-state index contributed by atoms with van der Waals surface area (Å²) in [6.45, 7) is 1.95. The Balaban J connectivity index is 2.19. The molecule has 0 fully saturated rings. The van der Waals surface area contributed by atoms with Gasteiger partial charge in [0.15, 0.2) is 5.82 Å². The highest BCUT2D eigenvalue weighted by atomic mass is 16.4. The average molecular weight is 271 g/mol. The van der Waals surface area contributed by atoms with E-state index in [1.165, 1.54) is 0 Å². The van der Waals surface area contributed by atoms with Crippen molar-refractivity contribution >= 4 is 11.8 Å². The average Bonchev–Trinajstić information content (AvgIpc) is 2.48. The van der Waals surface area contributed by atoms with E-state index in [9.17, 15) is 4.79 Å². The zero-order chi connectivity index (χ0) is 14.4. The Hall–Kier alpha value is -2.43. The van der Waals surface area contributed by atoms with Gasteiger partial charge in [0.05, 0.1) is 0 Å². The molecule has 0 radical (unpaired) electrons. The lowest BCUT2D eigenvalue weighted by Gasteiger charge is -2.14.